The summed E-state index contributed by atoms with van der Waals surface area (Å²) in [5.41, 5.74) is 5.70. The van der Waals surface area contributed by atoms with E-state index in [4.69, 9.17) is 23.7 Å². The van der Waals surface area contributed by atoms with E-state index in [0.717, 1.165) is 40.1 Å². The molecule has 8 rings (SSSR count). The summed E-state index contributed by atoms with van der Waals surface area (Å²) in [6.45, 7) is 4.03. The van der Waals surface area contributed by atoms with Crippen LogP contribution >= 0.6 is 0 Å². The van der Waals surface area contributed by atoms with Crippen molar-refractivity contribution in [2.24, 2.45) is 5.92 Å². The van der Waals surface area contributed by atoms with Gasteiger partial charge in [-0.1, -0.05) is 36.4 Å². The summed E-state index contributed by atoms with van der Waals surface area (Å²) in [5.74, 6) is 1.37. The second kappa shape index (κ2) is 20.8. The number of allylic oxidation sites excluding steroid dienone is 3. The van der Waals surface area contributed by atoms with Gasteiger partial charge in [-0.3, -0.25) is 9.59 Å². The van der Waals surface area contributed by atoms with Crippen LogP contribution in [0.4, 0.5) is 10.5 Å². The summed E-state index contributed by atoms with van der Waals surface area (Å²) in [7, 11) is 9.28. The summed E-state index contributed by atoms with van der Waals surface area (Å²) in [5, 5.41) is 7.91. The number of quaternary nitrogens is 1. The van der Waals surface area contributed by atoms with Crippen LogP contribution in [0.2, 0.25) is 0 Å². The third-order valence-corrected chi connectivity index (χ3v) is 11.5. The number of carbonyl (C=O) groups excluding carboxylic acids is 4. The summed E-state index contributed by atoms with van der Waals surface area (Å²) >= 11 is 0. The third-order valence-electron chi connectivity index (χ3n) is 11.5. The SMILES string of the molecule is COC(=O)c1cc(C(=O)NCCCOc2ccccc2COCC2CN(C(=O)N3CC[C@@H]4OCC(=O)N[C@@H]4C3)C2)ccc1C1=C2C=CCC=C2Oc2cc(N(C)C)ccc21.C[NH2+]C. The smallest absolute Gasteiger partial charge is 0.338 e. The number of para-hydroxylation sites is 1. The zero-order chi connectivity index (χ0) is 44.5. The normalized spacial score (nSPS) is 18.8. The van der Waals surface area contributed by atoms with Crippen molar-refractivity contribution in [2.75, 3.05) is 92.7 Å². The minimum atomic E-state index is -0.545. The lowest BCUT2D eigenvalue weighted by atomic mass is 9.85. The first-order valence-electron chi connectivity index (χ1n) is 21.7. The molecular weight excluding hydrogens is 805 g/mol. The number of hydrogen-bond donors (Lipinski definition) is 3. The maximum Gasteiger partial charge on any atom is 0.338 e. The van der Waals surface area contributed by atoms with Crippen molar-refractivity contribution in [3.63, 3.8) is 0 Å². The summed E-state index contributed by atoms with van der Waals surface area (Å²) < 4.78 is 29.4. The molecule has 2 atom stereocenters. The zero-order valence-electron chi connectivity index (χ0n) is 36.8. The van der Waals surface area contributed by atoms with Crippen molar-refractivity contribution < 1.29 is 48.2 Å². The van der Waals surface area contributed by atoms with Crippen molar-refractivity contribution in [2.45, 2.75) is 38.0 Å². The van der Waals surface area contributed by atoms with Crippen LogP contribution in [0.25, 0.3) is 5.57 Å². The van der Waals surface area contributed by atoms with Gasteiger partial charge in [0.05, 0.1) is 58.7 Å². The van der Waals surface area contributed by atoms with Gasteiger partial charge in [0.25, 0.3) is 5.91 Å². The Hall–Kier alpha value is -6.16. The zero-order valence-corrected chi connectivity index (χ0v) is 36.8. The van der Waals surface area contributed by atoms with Crippen LogP contribution in [-0.4, -0.2) is 134 Å². The molecule has 3 fully saturated rings. The van der Waals surface area contributed by atoms with E-state index >= 15 is 0 Å². The molecule has 0 unspecified atom stereocenters. The van der Waals surface area contributed by atoms with E-state index in [1.54, 1.807) is 23.1 Å². The van der Waals surface area contributed by atoms with E-state index < -0.39 is 5.97 Å². The van der Waals surface area contributed by atoms with Crippen molar-refractivity contribution >= 4 is 35.1 Å². The van der Waals surface area contributed by atoms with Crippen LogP contribution in [0.3, 0.4) is 0 Å². The van der Waals surface area contributed by atoms with E-state index in [-0.39, 0.29) is 48.1 Å². The van der Waals surface area contributed by atoms with Crippen LogP contribution in [0.15, 0.2) is 90.2 Å². The van der Waals surface area contributed by atoms with E-state index in [1.165, 1.54) is 7.11 Å². The second-order valence-corrected chi connectivity index (χ2v) is 16.4. The molecular formula is C48H59N6O9+. The highest BCUT2D eigenvalue weighted by Gasteiger charge is 2.40. The number of piperidine rings is 1. The number of nitrogens with one attached hydrogen (secondary N) is 2. The van der Waals surface area contributed by atoms with Gasteiger partial charge < -0.3 is 54.3 Å². The number of hydrogen-bond acceptors (Lipinski definition) is 10. The molecule has 0 aromatic heterocycles. The lowest BCUT2D eigenvalue weighted by Crippen LogP contribution is -2.74. The number of amides is 4. The number of benzene rings is 3. The second-order valence-electron chi connectivity index (χ2n) is 16.4. The molecule has 0 bridgehead atoms. The minimum Gasteiger partial charge on any atom is -0.493 e. The van der Waals surface area contributed by atoms with E-state index in [0.29, 0.717) is 88.0 Å². The van der Waals surface area contributed by atoms with E-state index in [1.807, 2.05) is 97.9 Å². The molecule has 4 N–H and O–H groups in total. The number of carbonyl (C=O) groups is 4. The van der Waals surface area contributed by atoms with Gasteiger partial charge in [-0.15, -0.1) is 0 Å². The number of anilines is 1. The van der Waals surface area contributed by atoms with Crippen LogP contribution in [-0.2, 0) is 25.6 Å². The van der Waals surface area contributed by atoms with Crippen LogP contribution in [0.5, 0.6) is 11.5 Å². The maximum atomic E-state index is 13.4. The molecule has 3 aromatic carbocycles. The largest absolute Gasteiger partial charge is 0.493 e. The van der Waals surface area contributed by atoms with Gasteiger partial charge in [0.1, 0.15) is 23.9 Å². The predicted molar refractivity (Wildman–Crippen MR) is 238 cm³/mol. The first-order chi connectivity index (χ1) is 30.6. The van der Waals surface area contributed by atoms with Crippen molar-refractivity contribution in [1.82, 2.24) is 20.4 Å². The number of likely N-dealkylation sites (tertiary alicyclic amines) is 2. The number of nitrogens with two attached hydrogens (primary N) is 1. The Bertz CT molecular complexity index is 2270. The Morgan fingerprint density at radius 1 is 1.00 bits per heavy atom. The highest BCUT2D eigenvalue weighted by atomic mass is 16.5. The highest BCUT2D eigenvalue weighted by molar-refractivity contribution is 6.04. The molecule has 5 aliphatic rings. The number of methoxy groups -OCH3 is 1. The van der Waals surface area contributed by atoms with Gasteiger partial charge >= 0.3 is 12.0 Å². The third kappa shape index (κ3) is 10.6. The lowest BCUT2D eigenvalue weighted by Gasteiger charge is -2.46. The number of ether oxygens (including phenoxy) is 5. The molecule has 15 heteroatoms. The van der Waals surface area contributed by atoms with Crippen LogP contribution < -0.4 is 30.3 Å². The van der Waals surface area contributed by atoms with Crippen molar-refractivity contribution in [1.29, 1.82) is 0 Å². The molecule has 3 aromatic rings. The first-order valence-corrected chi connectivity index (χ1v) is 21.7. The fourth-order valence-electron chi connectivity index (χ4n) is 8.24. The summed E-state index contributed by atoms with van der Waals surface area (Å²) in [6.07, 6.45) is 8.05. The molecule has 0 spiro atoms. The monoisotopic (exact) mass is 863 g/mol. The van der Waals surface area contributed by atoms with Gasteiger partial charge in [-0.05, 0) is 61.2 Å². The first kappa shape index (κ1) is 44.9. The van der Waals surface area contributed by atoms with E-state index in [2.05, 4.69) is 16.7 Å². The van der Waals surface area contributed by atoms with Gasteiger partial charge in [-0.25, -0.2) is 9.59 Å². The Balaban J connectivity index is 0.00000193. The highest BCUT2D eigenvalue weighted by Crippen LogP contribution is 2.45. The Morgan fingerprint density at radius 3 is 2.59 bits per heavy atom. The standard InChI is InChI=1S/C46H51N5O9.C2H7N/c1-49(2)32-14-16-35-41(22-32)60-39-12-7-5-10-34(39)43(35)33-15-13-30(21-36(33)45(54)56-3)44(53)47-18-8-20-58-38-11-6-4-9-31(38)27-57-26-29-23-51(24-29)46(55)50-19-17-40-37(25-50)48-42(52)28-59-40;1-3-2/h4-6,9-16,21-22,29,37,40H,7-8,17-20,23-28H2,1-3H3,(H,47,53)(H,48,52);3H,1-2H3/p+1/t37-,40+;/m1./s1. The predicted octanol–water partition coefficient (Wildman–Crippen LogP) is 3.74. The molecule has 0 saturated carbocycles. The average molecular weight is 864 g/mol. The number of rotatable bonds is 13. The molecule has 4 aliphatic heterocycles. The Morgan fingerprint density at radius 2 is 1.79 bits per heavy atom. The van der Waals surface area contributed by atoms with Gasteiger partial charge in [0.15, 0.2) is 0 Å². The fraction of sp³-hybridized carbons (Fsp3) is 0.417. The molecule has 334 valence electrons. The van der Waals surface area contributed by atoms with Gasteiger partial charge in [0, 0.05) is 92.3 Å². The summed E-state index contributed by atoms with van der Waals surface area (Å²) in [4.78, 5) is 57.1. The molecule has 15 nitrogen and oxygen atoms in total. The molecule has 4 heterocycles. The Kier molecular flexibility index (Phi) is 14.8. The summed E-state index contributed by atoms with van der Waals surface area (Å²) in [6, 6.07) is 18.7. The Labute approximate surface area is 369 Å². The van der Waals surface area contributed by atoms with Crippen LogP contribution in [0, 0.1) is 5.92 Å². The van der Waals surface area contributed by atoms with Crippen molar-refractivity contribution in [3.05, 3.63) is 118 Å². The van der Waals surface area contributed by atoms with E-state index in [9.17, 15) is 19.2 Å². The number of urea groups is 1. The molecule has 1 aliphatic carbocycles. The molecule has 0 radical (unpaired) electrons. The molecule has 4 amide bonds. The number of morpholine rings is 1. The van der Waals surface area contributed by atoms with Gasteiger partial charge in [0.2, 0.25) is 5.91 Å². The molecule has 3 saturated heterocycles. The topological polar surface area (TPSA) is 165 Å². The maximum absolute atomic E-state index is 13.4. The minimum absolute atomic E-state index is 0.00844. The fourth-order valence-corrected chi connectivity index (χ4v) is 8.24. The van der Waals surface area contributed by atoms with Crippen molar-refractivity contribution in [3.8, 4) is 11.5 Å². The number of esters is 1. The quantitative estimate of drug-likeness (QED) is 0.171. The number of fused-ring (bicyclic) bond motifs is 3. The number of nitrogens with zero attached hydrogens (tertiary/aromatic N) is 3. The molecule has 63 heavy (non-hydrogen) atoms. The van der Waals surface area contributed by atoms with Gasteiger partial charge in [-0.2, -0.15) is 0 Å². The average Bonchev–Trinajstić information content (AvgIpc) is 3.28. The lowest BCUT2D eigenvalue weighted by molar-refractivity contribution is -0.597. The van der Waals surface area contributed by atoms with Crippen LogP contribution in [0.1, 0.15) is 56.7 Å².